The molecule has 0 amide bonds. The van der Waals surface area contributed by atoms with Crippen molar-refractivity contribution in [1.82, 2.24) is 25.1 Å². The summed E-state index contributed by atoms with van der Waals surface area (Å²) in [7, 11) is 0. The Bertz CT molecular complexity index is 870. The maximum absolute atomic E-state index is 5.42. The van der Waals surface area contributed by atoms with Gasteiger partial charge in [-0.15, -0.1) is 0 Å². The molecule has 0 saturated carbocycles. The molecule has 4 heterocycles. The molecular weight excluding hydrogens is 318 g/mol. The van der Waals surface area contributed by atoms with E-state index in [0.717, 1.165) is 48.8 Å². The minimum Gasteiger partial charge on any atom is -0.378 e. The topological polar surface area (TPSA) is 91.9 Å². The quantitative estimate of drug-likeness (QED) is 0.752. The largest absolute Gasteiger partial charge is 0.378 e. The second kappa shape index (κ2) is 6.64. The monoisotopic (exact) mass is 339 g/mol. The molecule has 1 aliphatic heterocycles. The highest BCUT2D eigenvalue weighted by Crippen LogP contribution is 2.30. The molecule has 25 heavy (non-hydrogen) atoms. The number of fused-ring (bicyclic) bond motifs is 1. The van der Waals surface area contributed by atoms with Crippen LogP contribution in [0.4, 0.5) is 11.6 Å². The highest BCUT2D eigenvalue weighted by molar-refractivity contribution is 5.99. The molecule has 1 saturated heterocycles. The van der Waals surface area contributed by atoms with E-state index in [1.54, 1.807) is 12.4 Å². The summed E-state index contributed by atoms with van der Waals surface area (Å²) in [6.45, 7) is 7.26. The molecule has 0 bridgehead atoms. The Morgan fingerprint density at radius 1 is 1.16 bits per heavy atom. The van der Waals surface area contributed by atoms with E-state index >= 15 is 0 Å². The number of anilines is 2. The predicted octanol–water partition coefficient (Wildman–Crippen LogP) is 2.07. The van der Waals surface area contributed by atoms with Crippen molar-refractivity contribution >= 4 is 22.5 Å². The van der Waals surface area contributed by atoms with Crippen molar-refractivity contribution in [1.29, 1.82) is 0 Å². The van der Waals surface area contributed by atoms with E-state index < -0.39 is 0 Å². The maximum atomic E-state index is 5.42. The third kappa shape index (κ3) is 3.12. The Morgan fingerprint density at radius 2 is 1.96 bits per heavy atom. The van der Waals surface area contributed by atoms with Crippen molar-refractivity contribution in [2.45, 2.75) is 19.9 Å². The summed E-state index contributed by atoms with van der Waals surface area (Å²) in [5.41, 5.74) is 1.62. The number of pyridine rings is 1. The first-order valence-corrected chi connectivity index (χ1v) is 8.48. The van der Waals surface area contributed by atoms with Gasteiger partial charge in [-0.25, -0.2) is 15.0 Å². The number of morpholine rings is 1. The van der Waals surface area contributed by atoms with Crippen molar-refractivity contribution in [2.75, 3.05) is 36.5 Å². The minimum atomic E-state index is 0.265. The third-order valence-corrected chi connectivity index (χ3v) is 4.09. The van der Waals surface area contributed by atoms with Crippen LogP contribution in [0.1, 0.15) is 13.8 Å². The lowest BCUT2D eigenvalue weighted by molar-refractivity contribution is 0.122. The molecule has 8 nitrogen and oxygen atoms in total. The van der Waals surface area contributed by atoms with E-state index in [4.69, 9.17) is 9.72 Å². The summed E-state index contributed by atoms with van der Waals surface area (Å²) in [6, 6.07) is 4.10. The van der Waals surface area contributed by atoms with E-state index in [1.807, 2.05) is 12.1 Å². The smallest absolute Gasteiger partial charge is 0.182 e. The molecule has 8 heteroatoms. The fourth-order valence-electron chi connectivity index (χ4n) is 2.94. The van der Waals surface area contributed by atoms with Gasteiger partial charge in [0.05, 0.1) is 24.1 Å². The van der Waals surface area contributed by atoms with Gasteiger partial charge >= 0.3 is 0 Å². The van der Waals surface area contributed by atoms with Gasteiger partial charge < -0.3 is 15.0 Å². The highest BCUT2D eigenvalue weighted by atomic mass is 16.5. The predicted molar refractivity (Wildman–Crippen MR) is 96.7 cm³/mol. The second-order valence-corrected chi connectivity index (χ2v) is 6.29. The zero-order valence-electron chi connectivity index (χ0n) is 14.4. The number of hydrogen-bond acceptors (Lipinski definition) is 7. The van der Waals surface area contributed by atoms with Crippen LogP contribution in [0.15, 0.2) is 24.5 Å². The number of ether oxygens (including phenoxy) is 1. The Balaban J connectivity index is 1.77. The molecule has 0 aliphatic carbocycles. The number of hydrogen-bond donors (Lipinski definition) is 2. The molecule has 3 aromatic rings. The van der Waals surface area contributed by atoms with E-state index in [2.05, 4.69) is 44.2 Å². The Labute approximate surface area is 145 Å². The first-order chi connectivity index (χ1) is 12.2. The molecule has 3 aromatic heterocycles. The summed E-state index contributed by atoms with van der Waals surface area (Å²) < 4.78 is 5.42. The van der Waals surface area contributed by atoms with Gasteiger partial charge in [-0.05, 0) is 26.0 Å². The van der Waals surface area contributed by atoms with Crippen molar-refractivity contribution < 1.29 is 4.74 Å². The first-order valence-electron chi connectivity index (χ1n) is 8.48. The van der Waals surface area contributed by atoms with Gasteiger partial charge in [0.25, 0.3) is 0 Å². The van der Waals surface area contributed by atoms with E-state index in [0.29, 0.717) is 11.5 Å². The molecule has 0 radical (unpaired) electrons. The fraction of sp³-hybridized carbons (Fsp3) is 0.412. The Hall–Kier alpha value is -2.74. The second-order valence-electron chi connectivity index (χ2n) is 6.29. The number of nitrogens with one attached hydrogen (secondary N) is 2. The number of H-pyrrole nitrogens is 1. The minimum absolute atomic E-state index is 0.265. The summed E-state index contributed by atoms with van der Waals surface area (Å²) in [5, 5.41) is 11.8. The lowest BCUT2D eigenvalue weighted by atomic mass is 10.2. The average Bonchev–Trinajstić information content (AvgIpc) is 3.07. The first kappa shape index (κ1) is 15.8. The van der Waals surface area contributed by atoms with Crippen LogP contribution in [-0.4, -0.2) is 57.5 Å². The van der Waals surface area contributed by atoms with Gasteiger partial charge in [-0.1, -0.05) is 0 Å². The molecule has 0 atom stereocenters. The molecule has 4 rings (SSSR count). The summed E-state index contributed by atoms with van der Waals surface area (Å²) in [4.78, 5) is 15.8. The summed E-state index contributed by atoms with van der Waals surface area (Å²) in [6.07, 6.45) is 3.54. The van der Waals surface area contributed by atoms with Gasteiger partial charge in [-0.2, -0.15) is 5.10 Å². The molecule has 130 valence electrons. The highest BCUT2D eigenvalue weighted by Gasteiger charge is 2.18. The standard InChI is InChI=1S/C17H21N7O/c1-11(2)20-16-14-12(3-5-18-16)22-23-15(14)17-19-6-4-13(21-17)24-7-9-25-10-8-24/h3-6,11H,7-10H2,1-2H3,(H,18,20)(H,22,23). The third-order valence-electron chi connectivity index (χ3n) is 4.09. The maximum Gasteiger partial charge on any atom is 0.182 e. The van der Waals surface area contributed by atoms with Crippen molar-refractivity contribution in [2.24, 2.45) is 0 Å². The van der Waals surface area contributed by atoms with Crippen LogP contribution < -0.4 is 10.2 Å². The molecule has 0 unspecified atom stereocenters. The average molecular weight is 339 g/mol. The Kier molecular flexibility index (Phi) is 4.19. The number of nitrogens with zero attached hydrogens (tertiary/aromatic N) is 5. The van der Waals surface area contributed by atoms with E-state index in [9.17, 15) is 0 Å². The zero-order chi connectivity index (χ0) is 17.2. The lowest BCUT2D eigenvalue weighted by Crippen LogP contribution is -2.36. The van der Waals surface area contributed by atoms with Crippen LogP contribution in [0.3, 0.4) is 0 Å². The fourth-order valence-corrected chi connectivity index (χ4v) is 2.94. The lowest BCUT2D eigenvalue weighted by Gasteiger charge is -2.27. The van der Waals surface area contributed by atoms with E-state index in [1.165, 1.54) is 0 Å². The molecule has 1 fully saturated rings. The summed E-state index contributed by atoms with van der Waals surface area (Å²) >= 11 is 0. The Morgan fingerprint density at radius 3 is 2.76 bits per heavy atom. The van der Waals surface area contributed by atoms with E-state index in [-0.39, 0.29) is 6.04 Å². The SMILES string of the molecule is CC(C)Nc1nccc2[nH]nc(-c3nccc(N4CCOCC4)n3)c12. The van der Waals surface area contributed by atoms with Gasteiger partial charge in [0.1, 0.15) is 17.3 Å². The van der Waals surface area contributed by atoms with Crippen molar-refractivity contribution in [3.63, 3.8) is 0 Å². The number of rotatable bonds is 4. The molecule has 1 aliphatic rings. The molecule has 2 N–H and O–H groups in total. The van der Waals surface area contributed by atoms with Crippen LogP contribution in [0, 0.1) is 0 Å². The van der Waals surface area contributed by atoms with Crippen LogP contribution in [0.25, 0.3) is 22.4 Å². The van der Waals surface area contributed by atoms with Gasteiger partial charge in [0.15, 0.2) is 5.82 Å². The molecule has 0 aromatic carbocycles. The van der Waals surface area contributed by atoms with Crippen LogP contribution >= 0.6 is 0 Å². The van der Waals surface area contributed by atoms with Crippen LogP contribution in [0.5, 0.6) is 0 Å². The van der Waals surface area contributed by atoms with Crippen molar-refractivity contribution in [3.8, 4) is 11.5 Å². The van der Waals surface area contributed by atoms with Gasteiger partial charge in [0, 0.05) is 31.5 Å². The van der Waals surface area contributed by atoms with Crippen molar-refractivity contribution in [3.05, 3.63) is 24.5 Å². The van der Waals surface area contributed by atoms with Crippen LogP contribution in [0.2, 0.25) is 0 Å². The van der Waals surface area contributed by atoms with Crippen LogP contribution in [-0.2, 0) is 4.74 Å². The molecular formula is C17H21N7O. The van der Waals surface area contributed by atoms with Gasteiger partial charge in [0.2, 0.25) is 0 Å². The van der Waals surface area contributed by atoms with Gasteiger partial charge in [-0.3, -0.25) is 5.10 Å². The number of aromatic amines is 1. The summed E-state index contributed by atoms with van der Waals surface area (Å²) in [5.74, 6) is 2.28. The normalized spacial score (nSPS) is 15.1. The number of aromatic nitrogens is 5. The molecule has 0 spiro atoms. The zero-order valence-corrected chi connectivity index (χ0v) is 14.4.